The van der Waals surface area contributed by atoms with Crippen molar-refractivity contribution in [3.05, 3.63) is 112 Å². The topological polar surface area (TPSA) is 98.7 Å². The maximum atomic E-state index is 13.9. The van der Waals surface area contributed by atoms with Crippen LogP contribution in [0.5, 0.6) is 23.0 Å². The molecule has 2 amide bonds. The lowest BCUT2D eigenvalue weighted by Gasteiger charge is -2.25. The molecule has 10 heteroatoms. The summed E-state index contributed by atoms with van der Waals surface area (Å²) in [6, 6.07) is 24.2. The van der Waals surface area contributed by atoms with Crippen molar-refractivity contribution in [2.45, 2.75) is 6.54 Å². The molecule has 0 aliphatic carbocycles. The third-order valence-electron chi connectivity index (χ3n) is 6.33. The highest BCUT2D eigenvalue weighted by molar-refractivity contribution is 6.30. The van der Waals surface area contributed by atoms with Gasteiger partial charge in [0, 0.05) is 28.3 Å². The molecule has 0 radical (unpaired) electrons. The average molecular weight is 588 g/mol. The SMILES string of the molecule is COc1ccc(CN(C(=O)c2ccc(C(=O)N/N=C/c3cccc(Cl)c3)cc2)c2cc(OC)c(OC)c(OC)c2)cc1. The Morgan fingerprint density at radius 3 is 2.02 bits per heavy atom. The van der Waals surface area contributed by atoms with Gasteiger partial charge >= 0.3 is 0 Å². The molecule has 0 heterocycles. The van der Waals surface area contributed by atoms with Crippen LogP contribution in [0.4, 0.5) is 5.69 Å². The van der Waals surface area contributed by atoms with E-state index in [1.807, 2.05) is 30.3 Å². The number of carbonyl (C=O) groups is 2. The first kappa shape index (κ1) is 30.0. The molecule has 0 unspecified atom stereocenters. The lowest BCUT2D eigenvalue weighted by atomic mass is 10.1. The van der Waals surface area contributed by atoms with Crippen LogP contribution < -0.4 is 29.3 Å². The molecule has 1 N–H and O–H groups in total. The number of rotatable bonds is 11. The van der Waals surface area contributed by atoms with Gasteiger partial charge in [-0.1, -0.05) is 35.9 Å². The van der Waals surface area contributed by atoms with Crippen LogP contribution in [-0.4, -0.2) is 46.5 Å². The minimum Gasteiger partial charge on any atom is -0.497 e. The van der Waals surface area contributed by atoms with Crippen molar-refractivity contribution < 1.29 is 28.5 Å². The number of halogens is 1. The number of nitrogens with one attached hydrogen (secondary N) is 1. The predicted octanol–water partition coefficient (Wildman–Crippen LogP) is 5.99. The van der Waals surface area contributed by atoms with Gasteiger partial charge in [0.1, 0.15) is 5.75 Å². The second kappa shape index (κ2) is 14.0. The van der Waals surface area contributed by atoms with Crippen LogP contribution in [0, 0.1) is 0 Å². The van der Waals surface area contributed by atoms with Gasteiger partial charge in [-0.25, -0.2) is 5.43 Å². The molecule has 4 aromatic rings. The van der Waals surface area contributed by atoms with Gasteiger partial charge in [0.25, 0.3) is 11.8 Å². The highest BCUT2D eigenvalue weighted by Crippen LogP contribution is 2.41. The van der Waals surface area contributed by atoms with Gasteiger partial charge in [0.15, 0.2) is 11.5 Å². The van der Waals surface area contributed by atoms with Crippen LogP contribution in [0.3, 0.4) is 0 Å². The maximum absolute atomic E-state index is 13.9. The lowest BCUT2D eigenvalue weighted by molar-refractivity contribution is 0.0951. The fraction of sp³-hybridized carbons (Fsp3) is 0.156. The van der Waals surface area contributed by atoms with Crippen LogP contribution in [-0.2, 0) is 6.54 Å². The highest BCUT2D eigenvalue weighted by atomic mass is 35.5. The van der Waals surface area contributed by atoms with Gasteiger partial charge in [-0.05, 0) is 59.7 Å². The largest absolute Gasteiger partial charge is 0.497 e. The maximum Gasteiger partial charge on any atom is 0.271 e. The van der Waals surface area contributed by atoms with Gasteiger partial charge in [-0.15, -0.1) is 0 Å². The zero-order valence-electron chi connectivity index (χ0n) is 23.6. The predicted molar refractivity (Wildman–Crippen MR) is 163 cm³/mol. The molecule has 9 nitrogen and oxygen atoms in total. The van der Waals surface area contributed by atoms with Crippen LogP contribution in [0.1, 0.15) is 31.8 Å². The third kappa shape index (κ3) is 7.18. The summed E-state index contributed by atoms with van der Waals surface area (Å²) in [5.74, 6) is 1.21. The van der Waals surface area contributed by atoms with Gasteiger partial charge < -0.3 is 23.8 Å². The van der Waals surface area contributed by atoms with Crippen molar-refractivity contribution in [2.75, 3.05) is 33.3 Å². The van der Waals surface area contributed by atoms with E-state index in [2.05, 4.69) is 10.5 Å². The van der Waals surface area contributed by atoms with Crippen LogP contribution in [0.2, 0.25) is 5.02 Å². The van der Waals surface area contributed by atoms with E-state index in [1.165, 1.54) is 27.5 Å². The molecular weight excluding hydrogens is 558 g/mol. The van der Waals surface area contributed by atoms with Gasteiger partial charge in [-0.2, -0.15) is 5.10 Å². The van der Waals surface area contributed by atoms with E-state index in [9.17, 15) is 9.59 Å². The van der Waals surface area contributed by atoms with E-state index in [0.29, 0.717) is 44.8 Å². The van der Waals surface area contributed by atoms with E-state index in [0.717, 1.165) is 11.1 Å². The number of hydrogen-bond acceptors (Lipinski definition) is 7. The molecule has 0 atom stereocenters. The summed E-state index contributed by atoms with van der Waals surface area (Å²) in [7, 11) is 6.13. The van der Waals surface area contributed by atoms with Crippen molar-refractivity contribution in [3.63, 3.8) is 0 Å². The molecule has 0 bridgehead atoms. The normalized spacial score (nSPS) is 10.7. The summed E-state index contributed by atoms with van der Waals surface area (Å²) in [5.41, 5.74) is 5.33. The summed E-state index contributed by atoms with van der Waals surface area (Å²) in [6.45, 7) is 0.238. The Labute approximate surface area is 249 Å². The first-order valence-electron chi connectivity index (χ1n) is 12.8. The number of hydrogen-bond donors (Lipinski definition) is 1. The molecule has 0 aromatic heterocycles. The summed E-state index contributed by atoms with van der Waals surface area (Å²) in [5, 5.41) is 4.56. The molecule has 0 aliphatic rings. The molecule has 216 valence electrons. The summed E-state index contributed by atoms with van der Waals surface area (Å²) in [6.07, 6.45) is 1.50. The van der Waals surface area contributed by atoms with Gasteiger partial charge in [0.05, 0.1) is 46.9 Å². The van der Waals surface area contributed by atoms with E-state index >= 15 is 0 Å². The number of anilines is 1. The Morgan fingerprint density at radius 2 is 1.45 bits per heavy atom. The van der Waals surface area contributed by atoms with Crippen LogP contribution >= 0.6 is 11.6 Å². The van der Waals surface area contributed by atoms with E-state index in [-0.39, 0.29) is 12.5 Å². The molecule has 4 aromatic carbocycles. The van der Waals surface area contributed by atoms with E-state index in [1.54, 1.807) is 66.6 Å². The zero-order valence-corrected chi connectivity index (χ0v) is 24.3. The molecule has 0 fully saturated rings. The van der Waals surface area contributed by atoms with Crippen molar-refractivity contribution >= 4 is 35.3 Å². The molecule has 4 rings (SSSR count). The van der Waals surface area contributed by atoms with Crippen molar-refractivity contribution in [2.24, 2.45) is 5.10 Å². The summed E-state index contributed by atoms with van der Waals surface area (Å²) >= 11 is 5.98. The first-order valence-corrected chi connectivity index (χ1v) is 13.2. The number of hydrazone groups is 1. The Hall–Kier alpha value is -5.02. The van der Waals surface area contributed by atoms with E-state index in [4.69, 9.17) is 30.5 Å². The second-order valence-corrected chi connectivity index (χ2v) is 9.39. The number of benzene rings is 4. The van der Waals surface area contributed by atoms with Crippen molar-refractivity contribution in [1.82, 2.24) is 5.43 Å². The molecule has 42 heavy (non-hydrogen) atoms. The number of ether oxygens (including phenoxy) is 4. The molecular formula is C32H30ClN3O6. The fourth-order valence-electron chi connectivity index (χ4n) is 4.15. The molecule has 0 aliphatic heterocycles. The smallest absolute Gasteiger partial charge is 0.271 e. The molecule has 0 saturated heterocycles. The molecule has 0 spiro atoms. The summed E-state index contributed by atoms with van der Waals surface area (Å²) < 4.78 is 21.8. The van der Waals surface area contributed by atoms with Crippen LogP contribution in [0.15, 0.2) is 90.0 Å². The minimum atomic E-state index is -0.424. The highest BCUT2D eigenvalue weighted by Gasteiger charge is 2.23. The van der Waals surface area contributed by atoms with Gasteiger partial charge in [-0.3, -0.25) is 9.59 Å². The number of amides is 2. The summed E-state index contributed by atoms with van der Waals surface area (Å²) in [4.78, 5) is 28.1. The van der Waals surface area contributed by atoms with Crippen molar-refractivity contribution in [3.8, 4) is 23.0 Å². The fourth-order valence-corrected chi connectivity index (χ4v) is 4.35. The zero-order chi connectivity index (χ0) is 30.1. The Balaban J connectivity index is 1.60. The second-order valence-electron chi connectivity index (χ2n) is 8.95. The Kier molecular flexibility index (Phi) is 10.0. The quantitative estimate of drug-likeness (QED) is 0.171. The monoisotopic (exact) mass is 587 g/mol. The minimum absolute atomic E-state index is 0.238. The number of nitrogens with zero attached hydrogens (tertiary/aromatic N) is 2. The van der Waals surface area contributed by atoms with Gasteiger partial charge in [0.2, 0.25) is 5.75 Å². The van der Waals surface area contributed by atoms with E-state index < -0.39 is 5.91 Å². The average Bonchev–Trinajstić information content (AvgIpc) is 3.02. The van der Waals surface area contributed by atoms with Crippen LogP contribution in [0.25, 0.3) is 0 Å². The Bertz CT molecular complexity index is 1550. The standard InChI is InChI=1S/C32H30ClN3O6/c1-39-27-14-8-21(9-15-27)20-36(26-17-28(40-2)30(42-4)29(18-26)41-3)32(38)24-12-10-23(11-13-24)31(37)35-34-19-22-6-5-7-25(33)16-22/h5-19H,20H2,1-4H3,(H,35,37)/b34-19+. The lowest BCUT2D eigenvalue weighted by Crippen LogP contribution is -2.30. The molecule has 0 saturated carbocycles. The first-order chi connectivity index (χ1) is 20.4. The number of carbonyl (C=O) groups excluding carboxylic acids is 2. The Morgan fingerprint density at radius 1 is 0.810 bits per heavy atom. The number of methoxy groups -OCH3 is 4. The van der Waals surface area contributed by atoms with Crippen molar-refractivity contribution in [1.29, 1.82) is 0 Å². The third-order valence-corrected chi connectivity index (χ3v) is 6.56.